The van der Waals surface area contributed by atoms with Crippen LogP contribution in [0.15, 0.2) is 22.8 Å². The van der Waals surface area contributed by atoms with Crippen LogP contribution in [0, 0.1) is 23.2 Å². The van der Waals surface area contributed by atoms with Crippen molar-refractivity contribution >= 4 is 47.3 Å². The molecule has 13 nitrogen and oxygen atoms in total. The number of hydrogen-bond acceptors (Lipinski definition) is 11. The maximum absolute atomic E-state index is 13.1. The molecule has 4 unspecified atom stereocenters. The Hall–Kier alpha value is -4.12. The lowest BCUT2D eigenvalue weighted by molar-refractivity contribution is -0.138. The molecule has 4 aliphatic rings. The highest BCUT2D eigenvalue weighted by molar-refractivity contribution is 7.13. The molecule has 1 N–H and O–H groups in total. The number of aromatic nitrogens is 3. The molecule has 2 aromatic heterocycles. The van der Waals surface area contributed by atoms with Gasteiger partial charge in [0.05, 0.1) is 12.4 Å². The number of nitrogens with zero attached hydrogens (tertiary/aromatic N) is 9. The lowest BCUT2D eigenvalue weighted by Crippen LogP contribution is -2.66. The van der Waals surface area contributed by atoms with Crippen LogP contribution in [0.2, 0.25) is 0 Å². The zero-order valence-corrected chi connectivity index (χ0v) is 21.0. The van der Waals surface area contributed by atoms with Gasteiger partial charge in [0.1, 0.15) is 23.4 Å². The topological polar surface area (TPSA) is 151 Å². The number of piperidine rings is 1. The van der Waals surface area contributed by atoms with Gasteiger partial charge in [0, 0.05) is 43.5 Å². The van der Waals surface area contributed by atoms with Crippen molar-refractivity contribution in [1.29, 1.82) is 5.26 Å². The van der Waals surface area contributed by atoms with E-state index in [1.165, 1.54) is 40.9 Å². The molecular formula is C23H24N10O3S. The third-order valence-electron chi connectivity index (χ3n) is 7.36. The molecule has 4 amide bonds. The lowest BCUT2D eigenvalue weighted by Gasteiger charge is -2.41. The Morgan fingerprint density at radius 3 is 2.70 bits per heavy atom. The van der Waals surface area contributed by atoms with Gasteiger partial charge in [0.2, 0.25) is 11.9 Å². The molecule has 1 aliphatic carbocycles. The Morgan fingerprint density at radius 2 is 2.00 bits per heavy atom. The molecule has 0 spiro atoms. The first-order chi connectivity index (χ1) is 17.9. The Labute approximate surface area is 216 Å². The van der Waals surface area contributed by atoms with Crippen LogP contribution < -0.4 is 10.2 Å². The third kappa shape index (κ3) is 3.95. The molecule has 2 saturated heterocycles. The second-order valence-corrected chi connectivity index (χ2v) is 10.5. The molecule has 190 valence electrons. The molecule has 6 rings (SSSR count). The summed E-state index contributed by atoms with van der Waals surface area (Å²) in [7, 11) is 1.52. The second kappa shape index (κ2) is 8.77. The fourth-order valence-electron chi connectivity index (χ4n) is 5.12. The first kappa shape index (κ1) is 23.3. The van der Waals surface area contributed by atoms with Gasteiger partial charge in [-0.1, -0.05) is 0 Å². The van der Waals surface area contributed by atoms with E-state index < -0.39 is 30.2 Å². The van der Waals surface area contributed by atoms with Crippen LogP contribution in [0.1, 0.15) is 13.3 Å². The lowest BCUT2D eigenvalue weighted by atomic mass is 10.1. The zero-order chi connectivity index (χ0) is 25.8. The molecule has 5 heterocycles. The van der Waals surface area contributed by atoms with E-state index in [1.54, 1.807) is 24.7 Å². The highest BCUT2D eigenvalue weighted by Crippen LogP contribution is 2.45. The van der Waals surface area contributed by atoms with E-state index in [-0.39, 0.29) is 12.5 Å². The summed E-state index contributed by atoms with van der Waals surface area (Å²) >= 11 is 1.36. The first-order valence-electron chi connectivity index (χ1n) is 12.0. The van der Waals surface area contributed by atoms with Gasteiger partial charge in [-0.2, -0.15) is 5.26 Å². The number of nitriles is 1. The number of urea groups is 1. The van der Waals surface area contributed by atoms with Crippen LogP contribution in [0.5, 0.6) is 0 Å². The number of amides is 4. The fraction of sp³-hybridized carbons (Fsp3) is 0.478. The predicted molar refractivity (Wildman–Crippen MR) is 133 cm³/mol. The maximum atomic E-state index is 13.1. The largest absolute Gasteiger partial charge is 0.340 e. The summed E-state index contributed by atoms with van der Waals surface area (Å²) in [6.07, 6.45) is 5.47. The average molecular weight is 521 g/mol. The summed E-state index contributed by atoms with van der Waals surface area (Å²) < 4.78 is 0. The number of fused-ring (bicyclic) bond motifs is 2. The number of carbonyl (C=O) groups excluding carboxylic acids is 3. The quantitative estimate of drug-likeness (QED) is 0.546. The number of aliphatic imine (C=N–C) groups is 1. The van der Waals surface area contributed by atoms with Crippen molar-refractivity contribution in [2.75, 3.05) is 36.9 Å². The number of thiazole rings is 1. The molecule has 2 aromatic rings. The molecule has 5 atom stereocenters. The van der Waals surface area contributed by atoms with Crippen LogP contribution in [-0.2, 0) is 9.59 Å². The molecule has 0 radical (unpaired) electrons. The normalized spacial score (nSPS) is 26.7. The zero-order valence-electron chi connectivity index (χ0n) is 20.2. The summed E-state index contributed by atoms with van der Waals surface area (Å²) in [5.41, 5.74) is 0.763. The van der Waals surface area contributed by atoms with Gasteiger partial charge in [-0.25, -0.2) is 29.6 Å². The number of anilines is 2. The van der Waals surface area contributed by atoms with Crippen molar-refractivity contribution in [3.05, 3.63) is 17.8 Å². The van der Waals surface area contributed by atoms with Crippen molar-refractivity contribution in [1.82, 2.24) is 29.7 Å². The molecule has 14 heteroatoms. The number of likely N-dealkylation sites (N-methyl/N-ethyl adjacent to an activating group) is 1. The van der Waals surface area contributed by atoms with E-state index in [9.17, 15) is 14.4 Å². The minimum Gasteiger partial charge on any atom is -0.340 e. The van der Waals surface area contributed by atoms with Gasteiger partial charge in [0.15, 0.2) is 12.2 Å². The van der Waals surface area contributed by atoms with E-state index in [0.29, 0.717) is 10.8 Å². The summed E-state index contributed by atoms with van der Waals surface area (Å²) in [4.78, 5) is 62.2. The van der Waals surface area contributed by atoms with Crippen LogP contribution in [0.4, 0.5) is 16.6 Å². The number of rotatable bonds is 6. The molecule has 0 bridgehead atoms. The molecular weight excluding hydrogens is 496 g/mol. The summed E-state index contributed by atoms with van der Waals surface area (Å²) in [6, 6.07) is -0.428. The number of carbonyl (C=O) groups is 3. The van der Waals surface area contributed by atoms with Crippen LogP contribution in [0.25, 0.3) is 10.6 Å². The maximum Gasteiger partial charge on any atom is 0.329 e. The van der Waals surface area contributed by atoms with Crippen molar-refractivity contribution in [3.8, 4) is 16.6 Å². The minimum absolute atomic E-state index is 0.370. The van der Waals surface area contributed by atoms with E-state index in [4.69, 9.17) is 5.26 Å². The van der Waals surface area contributed by atoms with Gasteiger partial charge in [-0.3, -0.25) is 9.59 Å². The van der Waals surface area contributed by atoms with E-state index in [1.807, 2.05) is 6.07 Å². The smallest absolute Gasteiger partial charge is 0.329 e. The monoisotopic (exact) mass is 520 g/mol. The number of hydrogen-bond donors (Lipinski definition) is 1. The number of imide groups is 1. The molecule has 3 fully saturated rings. The van der Waals surface area contributed by atoms with Gasteiger partial charge < -0.3 is 20.0 Å². The highest BCUT2D eigenvalue weighted by Gasteiger charge is 2.51. The van der Waals surface area contributed by atoms with E-state index in [0.717, 1.165) is 41.3 Å². The SMILES string of the molecule is C[C@@H](C(=O)Nc1csc(-c2cnc(N3CC4CC4C3)nc2)n1)N1C=NC2C1C(=O)N(CC#N)C(=O)N2C. The summed E-state index contributed by atoms with van der Waals surface area (Å²) in [5, 5.41) is 14.2. The van der Waals surface area contributed by atoms with Gasteiger partial charge in [0.25, 0.3) is 5.91 Å². The second-order valence-electron chi connectivity index (χ2n) is 9.68. The first-order valence-corrected chi connectivity index (χ1v) is 12.8. The Kier molecular flexibility index (Phi) is 5.52. The number of nitrogens with one attached hydrogen (secondary N) is 1. The minimum atomic E-state index is -0.889. The van der Waals surface area contributed by atoms with Crippen LogP contribution in [0.3, 0.4) is 0 Å². The van der Waals surface area contributed by atoms with Gasteiger partial charge in [-0.05, 0) is 25.2 Å². The van der Waals surface area contributed by atoms with Crippen molar-refractivity contribution in [2.24, 2.45) is 16.8 Å². The Bertz CT molecular complexity index is 1330. The van der Waals surface area contributed by atoms with E-state index in [2.05, 4.69) is 30.2 Å². The summed E-state index contributed by atoms with van der Waals surface area (Å²) in [6.45, 7) is 3.32. The van der Waals surface area contributed by atoms with Crippen molar-refractivity contribution < 1.29 is 14.4 Å². The Balaban J connectivity index is 1.11. The third-order valence-corrected chi connectivity index (χ3v) is 8.25. The van der Waals surface area contributed by atoms with Crippen molar-refractivity contribution in [3.63, 3.8) is 0 Å². The molecule has 3 aliphatic heterocycles. The van der Waals surface area contributed by atoms with Crippen LogP contribution >= 0.6 is 11.3 Å². The molecule has 0 aromatic carbocycles. The Morgan fingerprint density at radius 1 is 1.27 bits per heavy atom. The molecule has 37 heavy (non-hydrogen) atoms. The van der Waals surface area contributed by atoms with Crippen LogP contribution in [-0.4, -0.2) is 98.8 Å². The highest BCUT2D eigenvalue weighted by atomic mass is 32.1. The standard InChI is InChI=1S/C23H24N10O3S/c1-12(33-11-27-18-17(33)21(35)32(4-3-24)23(36)30(18)2)19(34)28-16-10-37-20(29-16)15-6-25-22(26-7-15)31-8-13-5-14(13)9-31/h6-7,10-14,17-18H,4-5,8-9H2,1-2H3,(H,28,34)/t12-,13?,14?,17?,18?/m0/s1. The van der Waals surface area contributed by atoms with Gasteiger partial charge >= 0.3 is 6.03 Å². The van der Waals surface area contributed by atoms with Crippen molar-refractivity contribution in [2.45, 2.75) is 31.6 Å². The average Bonchev–Trinajstić information content (AvgIpc) is 3.30. The fourth-order valence-corrected chi connectivity index (χ4v) is 5.85. The molecule has 1 saturated carbocycles. The summed E-state index contributed by atoms with van der Waals surface area (Å²) in [5.74, 6) is 1.76. The predicted octanol–water partition coefficient (Wildman–Crippen LogP) is 0.839. The van der Waals surface area contributed by atoms with Gasteiger partial charge in [-0.15, -0.1) is 11.3 Å². The van der Waals surface area contributed by atoms with E-state index >= 15 is 0 Å².